The molecule has 0 saturated heterocycles. The molecule has 0 radical (unpaired) electrons. The zero-order valence-electron chi connectivity index (χ0n) is 17.8. The lowest BCUT2D eigenvalue weighted by Crippen LogP contribution is -2.27. The van der Waals surface area contributed by atoms with Crippen LogP contribution in [-0.4, -0.2) is 10.5 Å². The van der Waals surface area contributed by atoms with E-state index >= 15 is 0 Å². The molecule has 0 spiro atoms. The Balaban J connectivity index is 2.13. The summed E-state index contributed by atoms with van der Waals surface area (Å²) >= 11 is 12.5. The van der Waals surface area contributed by atoms with Crippen molar-refractivity contribution in [1.29, 1.82) is 0 Å². The molecule has 0 aliphatic heterocycles. The summed E-state index contributed by atoms with van der Waals surface area (Å²) in [4.78, 5) is 26.3. The highest BCUT2D eigenvalue weighted by Gasteiger charge is 2.22. The number of nitrogens with zero attached hydrogens (tertiary/aromatic N) is 1. The largest absolute Gasteiger partial charge is 0.344 e. The molecule has 0 fully saturated rings. The summed E-state index contributed by atoms with van der Waals surface area (Å²) in [5, 5.41) is 3.75. The molecule has 0 aliphatic carbocycles. The molecular weight excluding hydrogens is 431 g/mol. The standard InChI is InChI=1S/C25H26Cl2N2O2/c1-3-4-5-8-14-29-17(2)15-22(30)23(24(29)18-10-9-11-19(26)16-18)25(31)28-21-13-7-6-12-20(21)27/h6-7,9-13,15-16H,3-5,8,14H2,1-2H3,(H,28,31). The number of halogens is 2. The van der Waals surface area contributed by atoms with E-state index in [9.17, 15) is 9.59 Å². The third kappa shape index (κ3) is 5.57. The molecule has 4 nitrogen and oxygen atoms in total. The molecule has 162 valence electrons. The lowest BCUT2D eigenvalue weighted by atomic mass is 10.0. The maximum absolute atomic E-state index is 13.3. The molecule has 1 heterocycles. The third-order valence-corrected chi connectivity index (χ3v) is 5.77. The zero-order chi connectivity index (χ0) is 22.4. The average Bonchev–Trinajstić information content (AvgIpc) is 2.73. The number of anilines is 1. The van der Waals surface area contributed by atoms with Crippen molar-refractivity contribution in [1.82, 2.24) is 4.57 Å². The molecular formula is C25H26Cl2N2O2. The SMILES string of the molecule is CCCCCCn1c(C)cc(=O)c(C(=O)Nc2ccccc2Cl)c1-c1cccc(Cl)c1. The fourth-order valence-electron chi connectivity index (χ4n) is 3.66. The Morgan fingerprint density at radius 2 is 1.77 bits per heavy atom. The van der Waals surface area contributed by atoms with Gasteiger partial charge in [0.1, 0.15) is 5.56 Å². The molecule has 3 rings (SSSR count). The van der Waals surface area contributed by atoms with Crippen LogP contribution in [0.1, 0.15) is 48.7 Å². The first-order chi connectivity index (χ1) is 14.9. The molecule has 1 amide bonds. The summed E-state index contributed by atoms with van der Waals surface area (Å²) in [5.74, 6) is -0.490. The van der Waals surface area contributed by atoms with Gasteiger partial charge in [-0.3, -0.25) is 9.59 Å². The van der Waals surface area contributed by atoms with Crippen LogP contribution in [0.4, 0.5) is 5.69 Å². The fourth-order valence-corrected chi connectivity index (χ4v) is 4.03. The number of aromatic nitrogens is 1. The molecule has 2 aromatic carbocycles. The average molecular weight is 457 g/mol. The molecule has 31 heavy (non-hydrogen) atoms. The Labute approximate surface area is 192 Å². The van der Waals surface area contributed by atoms with Gasteiger partial charge in [0, 0.05) is 28.9 Å². The molecule has 0 aliphatic rings. The van der Waals surface area contributed by atoms with Gasteiger partial charge in [0.2, 0.25) is 0 Å². The van der Waals surface area contributed by atoms with Crippen LogP contribution in [0.15, 0.2) is 59.4 Å². The van der Waals surface area contributed by atoms with Crippen molar-refractivity contribution in [2.45, 2.75) is 46.1 Å². The van der Waals surface area contributed by atoms with Crippen LogP contribution in [0.25, 0.3) is 11.3 Å². The minimum Gasteiger partial charge on any atom is -0.344 e. The van der Waals surface area contributed by atoms with Gasteiger partial charge in [-0.25, -0.2) is 0 Å². The van der Waals surface area contributed by atoms with Gasteiger partial charge in [-0.1, -0.05) is 73.7 Å². The summed E-state index contributed by atoms with van der Waals surface area (Å²) in [7, 11) is 0. The van der Waals surface area contributed by atoms with Crippen LogP contribution in [0.5, 0.6) is 0 Å². The topological polar surface area (TPSA) is 51.1 Å². The number of hydrogen-bond acceptors (Lipinski definition) is 2. The quantitative estimate of drug-likeness (QED) is 0.372. The van der Waals surface area contributed by atoms with E-state index in [0.29, 0.717) is 28.0 Å². The summed E-state index contributed by atoms with van der Waals surface area (Å²) in [6.45, 7) is 4.77. The number of aryl methyl sites for hydroxylation is 1. The number of benzene rings is 2. The number of pyridine rings is 1. The highest BCUT2D eigenvalue weighted by Crippen LogP contribution is 2.28. The highest BCUT2D eigenvalue weighted by molar-refractivity contribution is 6.34. The monoisotopic (exact) mass is 456 g/mol. The number of nitrogens with one attached hydrogen (secondary N) is 1. The smallest absolute Gasteiger partial charge is 0.261 e. The third-order valence-electron chi connectivity index (χ3n) is 5.20. The molecule has 1 N–H and O–H groups in total. The fraction of sp³-hybridized carbons (Fsp3) is 0.280. The summed E-state index contributed by atoms with van der Waals surface area (Å²) < 4.78 is 2.05. The Hall–Kier alpha value is -2.56. The van der Waals surface area contributed by atoms with Crippen molar-refractivity contribution in [3.8, 4) is 11.3 Å². The van der Waals surface area contributed by atoms with Gasteiger partial charge in [-0.15, -0.1) is 0 Å². The first-order valence-corrected chi connectivity index (χ1v) is 11.2. The number of carbonyl (C=O) groups is 1. The first kappa shape index (κ1) is 23.1. The van der Waals surface area contributed by atoms with E-state index in [1.165, 1.54) is 6.07 Å². The molecule has 1 aromatic heterocycles. The van der Waals surface area contributed by atoms with Crippen molar-refractivity contribution in [3.63, 3.8) is 0 Å². The van der Waals surface area contributed by atoms with Crippen molar-refractivity contribution in [3.05, 3.63) is 86.1 Å². The van der Waals surface area contributed by atoms with Crippen LogP contribution < -0.4 is 10.7 Å². The lowest BCUT2D eigenvalue weighted by Gasteiger charge is -2.21. The predicted octanol–water partition coefficient (Wildman–Crippen LogP) is 6.96. The number of carbonyl (C=O) groups excluding carboxylic acids is 1. The maximum atomic E-state index is 13.3. The van der Waals surface area contributed by atoms with E-state index in [0.717, 1.165) is 36.9 Å². The zero-order valence-corrected chi connectivity index (χ0v) is 19.3. The van der Waals surface area contributed by atoms with Gasteiger partial charge in [-0.2, -0.15) is 0 Å². The van der Waals surface area contributed by atoms with Gasteiger partial charge in [-0.05, 0) is 37.6 Å². The van der Waals surface area contributed by atoms with Gasteiger partial charge in [0.15, 0.2) is 5.43 Å². The second-order valence-corrected chi connectivity index (χ2v) is 8.37. The summed E-state index contributed by atoms with van der Waals surface area (Å²) in [6.07, 6.45) is 4.32. The van der Waals surface area contributed by atoms with Crippen LogP contribution in [-0.2, 0) is 6.54 Å². The van der Waals surface area contributed by atoms with Crippen molar-refractivity contribution < 1.29 is 4.79 Å². The molecule has 0 bridgehead atoms. The number of para-hydroxylation sites is 1. The number of hydrogen-bond donors (Lipinski definition) is 1. The Morgan fingerprint density at radius 3 is 2.48 bits per heavy atom. The van der Waals surface area contributed by atoms with Crippen molar-refractivity contribution >= 4 is 34.8 Å². The molecule has 3 aromatic rings. The molecule has 0 saturated carbocycles. The minimum atomic E-state index is -0.490. The van der Waals surface area contributed by atoms with Crippen LogP contribution in [0.3, 0.4) is 0 Å². The van der Waals surface area contributed by atoms with E-state index < -0.39 is 5.91 Å². The Bertz CT molecular complexity index is 1140. The van der Waals surface area contributed by atoms with Gasteiger partial charge >= 0.3 is 0 Å². The Morgan fingerprint density at radius 1 is 1.00 bits per heavy atom. The van der Waals surface area contributed by atoms with Crippen molar-refractivity contribution in [2.75, 3.05) is 5.32 Å². The number of amides is 1. The number of unbranched alkanes of at least 4 members (excludes halogenated alkanes) is 3. The van der Waals surface area contributed by atoms with Crippen LogP contribution in [0, 0.1) is 6.92 Å². The summed E-state index contributed by atoms with van der Waals surface area (Å²) in [5.41, 5.74) is 2.33. The second-order valence-electron chi connectivity index (χ2n) is 7.53. The molecule has 6 heteroatoms. The molecule has 0 atom stereocenters. The van der Waals surface area contributed by atoms with Gasteiger partial charge < -0.3 is 9.88 Å². The van der Waals surface area contributed by atoms with Crippen LogP contribution >= 0.6 is 23.2 Å². The van der Waals surface area contributed by atoms with E-state index in [2.05, 4.69) is 12.2 Å². The van der Waals surface area contributed by atoms with E-state index in [4.69, 9.17) is 23.2 Å². The van der Waals surface area contributed by atoms with Gasteiger partial charge in [0.05, 0.1) is 16.4 Å². The van der Waals surface area contributed by atoms with E-state index in [1.54, 1.807) is 36.4 Å². The van der Waals surface area contributed by atoms with E-state index in [1.807, 2.05) is 23.6 Å². The van der Waals surface area contributed by atoms with Gasteiger partial charge in [0.25, 0.3) is 5.91 Å². The predicted molar refractivity (Wildman–Crippen MR) is 129 cm³/mol. The second kappa shape index (κ2) is 10.7. The number of rotatable bonds is 8. The minimum absolute atomic E-state index is 0.0864. The van der Waals surface area contributed by atoms with Crippen LogP contribution in [0.2, 0.25) is 10.0 Å². The summed E-state index contributed by atoms with van der Waals surface area (Å²) in [6, 6.07) is 15.7. The highest BCUT2D eigenvalue weighted by atomic mass is 35.5. The maximum Gasteiger partial charge on any atom is 0.261 e. The molecule has 0 unspecified atom stereocenters. The van der Waals surface area contributed by atoms with Crippen molar-refractivity contribution in [2.24, 2.45) is 0 Å². The lowest BCUT2D eigenvalue weighted by molar-refractivity contribution is 0.102. The first-order valence-electron chi connectivity index (χ1n) is 10.5. The van der Waals surface area contributed by atoms with E-state index in [-0.39, 0.29) is 11.0 Å². The Kier molecular flexibility index (Phi) is 7.94. The normalized spacial score (nSPS) is 10.8.